The van der Waals surface area contributed by atoms with Crippen LogP contribution in [0.2, 0.25) is 0 Å². The summed E-state index contributed by atoms with van der Waals surface area (Å²) in [5.74, 6) is 0. The first-order chi connectivity index (χ1) is 10.0. The number of hydrogen-bond donors (Lipinski definition) is 2. The van der Waals surface area contributed by atoms with Gasteiger partial charge in [-0.25, -0.2) is 13.1 Å². The van der Waals surface area contributed by atoms with Crippen LogP contribution in [0, 0.1) is 0 Å². The normalized spacial score (nSPS) is 23.3. The van der Waals surface area contributed by atoms with Gasteiger partial charge in [-0.15, -0.1) is 11.3 Å². The standard InChI is InChI=1S/C14H24N2O3S2/c1-3-5-15-9-12-8-14(20-10-12)21(17,18)16-13-4-6-19-11(2)7-13/h8,10-11,13,15-16H,3-7,9H2,1-2H3. The van der Waals surface area contributed by atoms with Gasteiger partial charge in [-0.1, -0.05) is 6.92 Å². The van der Waals surface area contributed by atoms with Crippen LogP contribution in [0.25, 0.3) is 0 Å². The van der Waals surface area contributed by atoms with Gasteiger partial charge < -0.3 is 10.1 Å². The number of thiophene rings is 1. The molecule has 2 heterocycles. The molecule has 0 amide bonds. The lowest BCUT2D eigenvalue weighted by Crippen LogP contribution is -2.41. The zero-order valence-corrected chi connectivity index (χ0v) is 14.2. The van der Waals surface area contributed by atoms with E-state index in [0.29, 0.717) is 17.4 Å². The topological polar surface area (TPSA) is 67.4 Å². The lowest BCUT2D eigenvalue weighted by atomic mass is 10.1. The number of rotatable bonds is 7. The van der Waals surface area contributed by atoms with Crippen molar-refractivity contribution in [1.82, 2.24) is 10.0 Å². The minimum Gasteiger partial charge on any atom is -0.378 e. The second kappa shape index (κ2) is 7.69. The molecule has 5 nitrogen and oxygen atoms in total. The highest BCUT2D eigenvalue weighted by Crippen LogP contribution is 2.22. The summed E-state index contributed by atoms with van der Waals surface area (Å²) in [4.78, 5) is 0. The van der Waals surface area contributed by atoms with Crippen LogP contribution < -0.4 is 10.0 Å². The van der Waals surface area contributed by atoms with Gasteiger partial charge in [0.15, 0.2) is 0 Å². The maximum atomic E-state index is 12.4. The molecule has 0 aliphatic carbocycles. The van der Waals surface area contributed by atoms with Crippen LogP contribution >= 0.6 is 11.3 Å². The highest BCUT2D eigenvalue weighted by molar-refractivity contribution is 7.91. The smallest absolute Gasteiger partial charge is 0.250 e. The van der Waals surface area contributed by atoms with Crippen molar-refractivity contribution in [2.75, 3.05) is 13.2 Å². The average Bonchev–Trinajstić information content (AvgIpc) is 2.88. The second-order valence-electron chi connectivity index (χ2n) is 5.47. The van der Waals surface area contributed by atoms with Crippen LogP contribution in [-0.2, 0) is 21.3 Å². The van der Waals surface area contributed by atoms with E-state index in [0.717, 1.165) is 31.4 Å². The van der Waals surface area contributed by atoms with Gasteiger partial charge in [-0.2, -0.15) is 0 Å². The van der Waals surface area contributed by atoms with E-state index in [-0.39, 0.29) is 12.1 Å². The number of hydrogen-bond acceptors (Lipinski definition) is 5. The Hall–Kier alpha value is -0.470. The van der Waals surface area contributed by atoms with E-state index in [1.807, 2.05) is 12.3 Å². The Kier molecular flexibility index (Phi) is 6.19. The molecule has 1 saturated heterocycles. The van der Waals surface area contributed by atoms with Gasteiger partial charge in [0.25, 0.3) is 0 Å². The van der Waals surface area contributed by atoms with E-state index in [1.54, 1.807) is 6.07 Å². The summed E-state index contributed by atoms with van der Waals surface area (Å²) >= 11 is 1.28. The van der Waals surface area contributed by atoms with Crippen molar-refractivity contribution in [2.24, 2.45) is 0 Å². The first-order valence-corrected chi connectivity index (χ1v) is 9.79. The molecule has 0 aromatic carbocycles. The lowest BCUT2D eigenvalue weighted by Gasteiger charge is -2.27. The van der Waals surface area contributed by atoms with Gasteiger partial charge in [0.2, 0.25) is 10.0 Å². The fraction of sp³-hybridized carbons (Fsp3) is 0.714. The molecule has 1 aromatic heterocycles. The fourth-order valence-electron chi connectivity index (χ4n) is 2.38. The summed E-state index contributed by atoms with van der Waals surface area (Å²) in [5, 5.41) is 5.18. The highest BCUT2D eigenvalue weighted by atomic mass is 32.2. The van der Waals surface area contributed by atoms with Crippen molar-refractivity contribution < 1.29 is 13.2 Å². The van der Waals surface area contributed by atoms with E-state index < -0.39 is 10.0 Å². The number of sulfonamides is 1. The molecular weight excluding hydrogens is 308 g/mol. The van der Waals surface area contributed by atoms with Gasteiger partial charge >= 0.3 is 0 Å². The van der Waals surface area contributed by atoms with E-state index in [4.69, 9.17) is 4.74 Å². The van der Waals surface area contributed by atoms with Crippen LogP contribution in [0.5, 0.6) is 0 Å². The Morgan fingerprint density at radius 1 is 1.48 bits per heavy atom. The quantitative estimate of drug-likeness (QED) is 0.750. The van der Waals surface area contributed by atoms with Crippen LogP contribution in [0.3, 0.4) is 0 Å². The van der Waals surface area contributed by atoms with Crippen LogP contribution in [0.1, 0.15) is 38.7 Å². The Balaban J connectivity index is 1.95. The van der Waals surface area contributed by atoms with Gasteiger partial charge in [0.1, 0.15) is 4.21 Å². The molecule has 0 bridgehead atoms. The molecule has 1 fully saturated rings. The SMILES string of the molecule is CCCNCc1csc(S(=O)(=O)NC2CCOC(C)C2)c1. The molecule has 2 rings (SSSR count). The predicted molar refractivity (Wildman–Crippen MR) is 85.1 cm³/mol. The van der Waals surface area contributed by atoms with Gasteiger partial charge in [-0.3, -0.25) is 0 Å². The number of ether oxygens (including phenoxy) is 1. The molecule has 0 saturated carbocycles. The van der Waals surface area contributed by atoms with Crippen molar-refractivity contribution >= 4 is 21.4 Å². The van der Waals surface area contributed by atoms with Crippen molar-refractivity contribution in [3.8, 4) is 0 Å². The number of nitrogens with one attached hydrogen (secondary N) is 2. The molecule has 120 valence electrons. The van der Waals surface area contributed by atoms with E-state index >= 15 is 0 Å². The molecule has 1 aliphatic heterocycles. The zero-order chi connectivity index (χ0) is 15.3. The Morgan fingerprint density at radius 3 is 3.00 bits per heavy atom. The van der Waals surface area contributed by atoms with Gasteiger partial charge in [0.05, 0.1) is 6.10 Å². The molecule has 2 atom stereocenters. The molecule has 2 N–H and O–H groups in total. The monoisotopic (exact) mass is 332 g/mol. The van der Waals surface area contributed by atoms with Crippen LogP contribution in [0.4, 0.5) is 0 Å². The van der Waals surface area contributed by atoms with E-state index in [9.17, 15) is 8.42 Å². The predicted octanol–water partition coefficient (Wildman–Crippen LogP) is 2.09. The fourth-order valence-corrected chi connectivity index (χ4v) is 4.89. The average molecular weight is 332 g/mol. The largest absolute Gasteiger partial charge is 0.378 e. The summed E-state index contributed by atoms with van der Waals surface area (Å²) in [7, 11) is -3.41. The molecule has 0 radical (unpaired) electrons. The molecule has 1 aliphatic rings. The third kappa shape index (κ3) is 5.03. The molecule has 7 heteroatoms. The van der Waals surface area contributed by atoms with Crippen LogP contribution in [-0.4, -0.2) is 33.7 Å². The van der Waals surface area contributed by atoms with Gasteiger partial charge in [-0.05, 0) is 49.7 Å². The molecule has 0 spiro atoms. The summed E-state index contributed by atoms with van der Waals surface area (Å²) in [6.07, 6.45) is 2.65. The first-order valence-electron chi connectivity index (χ1n) is 7.43. The second-order valence-corrected chi connectivity index (χ2v) is 8.33. The van der Waals surface area contributed by atoms with Gasteiger partial charge in [0, 0.05) is 19.2 Å². The van der Waals surface area contributed by atoms with Crippen molar-refractivity contribution in [1.29, 1.82) is 0 Å². The first kappa shape index (κ1) is 16.9. The Morgan fingerprint density at radius 2 is 2.29 bits per heavy atom. The van der Waals surface area contributed by atoms with Crippen molar-refractivity contribution in [3.05, 3.63) is 17.0 Å². The minimum absolute atomic E-state index is 0.0254. The molecular formula is C14H24N2O3S2. The lowest BCUT2D eigenvalue weighted by molar-refractivity contribution is 0.0173. The highest BCUT2D eigenvalue weighted by Gasteiger charge is 2.26. The summed E-state index contributed by atoms with van der Waals surface area (Å²) in [5.41, 5.74) is 1.02. The maximum absolute atomic E-state index is 12.4. The zero-order valence-electron chi connectivity index (χ0n) is 12.6. The molecule has 21 heavy (non-hydrogen) atoms. The minimum atomic E-state index is -3.41. The summed E-state index contributed by atoms with van der Waals surface area (Å²) < 4.78 is 33.4. The Bertz CT molecular complexity index is 542. The van der Waals surface area contributed by atoms with E-state index in [2.05, 4.69) is 17.0 Å². The summed E-state index contributed by atoms with van der Waals surface area (Å²) in [6.45, 7) is 6.35. The van der Waals surface area contributed by atoms with Crippen LogP contribution in [0.15, 0.2) is 15.7 Å². The Labute approximate surface area is 131 Å². The van der Waals surface area contributed by atoms with Crippen molar-refractivity contribution in [2.45, 2.75) is 56.0 Å². The third-order valence-electron chi connectivity index (χ3n) is 3.46. The molecule has 2 unspecified atom stereocenters. The third-order valence-corrected chi connectivity index (χ3v) is 6.47. The van der Waals surface area contributed by atoms with E-state index in [1.165, 1.54) is 11.3 Å². The molecule has 1 aromatic rings. The van der Waals surface area contributed by atoms with Crippen molar-refractivity contribution in [3.63, 3.8) is 0 Å². The summed E-state index contributed by atoms with van der Waals surface area (Å²) in [6, 6.07) is 1.74. The maximum Gasteiger partial charge on any atom is 0.250 e.